The summed E-state index contributed by atoms with van der Waals surface area (Å²) in [7, 11) is -4.76. The van der Waals surface area contributed by atoms with Crippen LogP contribution in [0.4, 0.5) is 0 Å². The lowest BCUT2D eigenvalue weighted by Gasteiger charge is -2.20. The molecule has 0 radical (unpaired) electrons. The molecule has 0 saturated heterocycles. The molecule has 0 aromatic carbocycles. The standard InChI is InChI=1S/C46H78NO12P/c1-3-5-7-8-9-10-11-12-13-14-15-16-17-22-30-36-45(51)59-42(38-57-60(54,55)58-39-43(47)46(52)53)37-56-44(50)35-29-21-19-18-20-26-32-41(49)34-28-24-23-27-33-40(48)31-25-6-4-2/h6,19-21,23-28,33-34,40-43,48-49H,3-5,7-18,22,29-32,35-39,47H2,1-2H3,(H,52,53)(H,54,55)/b21-19-,24-23-,25-6-,26-20-,33-27+,34-28+/t40-,41+,42-,43+/m1/s1. The maximum Gasteiger partial charge on any atom is 0.472 e. The molecule has 0 aromatic rings. The van der Waals surface area contributed by atoms with Gasteiger partial charge in [0.1, 0.15) is 12.6 Å². The Balaban J connectivity index is 4.58. The molecule has 1 unspecified atom stereocenters. The highest BCUT2D eigenvalue weighted by Crippen LogP contribution is 2.43. The number of carboxylic acids is 1. The molecule has 0 amide bonds. The van der Waals surface area contributed by atoms with Gasteiger partial charge < -0.3 is 35.4 Å². The highest BCUT2D eigenvalue weighted by atomic mass is 31.2. The van der Waals surface area contributed by atoms with Crippen molar-refractivity contribution in [1.82, 2.24) is 0 Å². The van der Waals surface area contributed by atoms with Crippen LogP contribution >= 0.6 is 7.82 Å². The molecule has 0 heterocycles. The normalized spacial score (nSPS) is 15.4. The number of allylic oxidation sites excluding steroid dienone is 8. The summed E-state index contributed by atoms with van der Waals surface area (Å²) < 4.78 is 32.6. The van der Waals surface area contributed by atoms with Crippen molar-refractivity contribution in [1.29, 1.82) is 0 Å². The van der Waals surface area contributed by atoms with Gasteiger partial charge in [-0.25, -0.2) is 4.57 Å². The Bertz CT molecular complexity index is 1330. The van der Waals surface area contributed by atoms with Gasteiger partial charge in [-0.05, 0) is 38.5 Å². The third-order valence-electron chi connectivity index (χ3n) is 9.15. The van der Waals surface area contributed by atoms with E-state index in [0.29, 0.717) is 32.1 Å². The van der Waals surface area contributed by atoms with Gasteiger partial charge in [0.25, 0.3) is 0 Å². The Labute approximate surface area is 360 Å². The minimum Gasteiger partial charge on any atom is -0.480 e. The number of ether oxygens (including phenoxy) is 2. The molecule has 6 N–H and O–H groups in total. The van der Waals surface area contributed by atoms with Crippen LogP contribution < -0.4 is 5.73 Å². The lowest BCUT2D eigenvalue weighted by Crippen LogP contribution is -2.34. The van der Waals surface area contributed by atoms with E-state index in [2.05, 4.69) is 11.4 Å². The number of unbranched alkanes of at least 4 members (excludes halogenated alkanes) is 14. The predicted molar refractivity (Wildman–Crippen MR) is 238 cm³/mol. The Morgan fingerprint density at radius 3 is 1.65 bits per heavy atom. The smallest absolute Gasteiger partial charge is 0.472 e. The van der Waals surface area contributed by atoms with Gasteiger partial charge in [-0.3, -0.25) is 23.4 Å². The van der Waals surface area contributed by atoms with Gasteiger partial charge in [-0.2, -0.15) is 0 Å². The van der Waals surface area contributed by atoms with Crippen molar-refractivity contribution >= 4 is 25.7 Å². The van der Waals surface area contributed by atoms with Gasteiger partial charge in [0.2, 0.25) is 0 Å². The molecule has 0 aliphatic rings. The van der Waals surface area contributed by atoms with E-state index in [0.717, 1.165) is 25.7 Å². The first kappa shape index (κ1) is 56.8. The van der Waals surface area contributed by atoms with Crippen LogP contribution in [0.3, 0.4) is 0 Å². The zero-order chi connectivity index (χ0) is 44.5. The molecule has 0 aromatic heterocycles. The summed E-state index contributed by atoms with van der Waals surface area (Å²) in [4.78, 5) is 46.0. The number of hydrogen-bond acceptors (Lipinski definition) is 11. The van der Waals surface area contributed by atoms with E-state index in [1.54, 1.807) is 36.5 Å². The number of nitrogens with two attached hydrogens (primary N) is 1. The Morgan fingerprint density at radius 1 is 0.617 bits per heavy atom. The lowest BCUT2D eigenvalue weighted by atomic mass is 10.0. The van der Waals surface area contributed by atoms with Crippen molar-refractivity contribution in [2.45, 2.75) is 179 Å². The number of esters is 2. The first-order chi connectivity index (χ1) is 28.9. The maximum absolute atomic E-state index is 12.6. The number of aliphatic hydroxyl groups excluding tert-OH is 2. The first-order valence-corrected chi connectivity index (χ1v) is 23.7. The highest BCUT2D eigenvalue weighted by Gasteiger charge is 2.28. The SMILES string of the molecule is CC/C=C\C[C@@H](O)/C=C/C=C\C=C\[C@@H](O)C/C=C\C/C=C\CCC(=O)OC[C@H](COP(=O)(O)OC[C@H](N)C(=O)O)OC(=O)CCCCCCCCCCCCCCCCC. The number of carboxylic acid groups (broad SMARTS) is 1. The molecule has 0 rings (SSSR count). The summed E-state index contributed by atoms with van der Waals surface area (Å²) in [5.74, 6) is -2.57. The van der Waals surface area contributed by atoms with Crippen LogP contribution in [0.1, 0.15) is 155 Å². The van der Waals surface area contributed by atoms with E-state index < -0.39 is 69.9 Å². The van der Waals surface area contributed by atoms with Crippen LogP contribution in [-0.4, -0.2) is 82.3 Å². The fourth-order valence-electron chi connectivity index (χ4n) is 5.62. The van der Waals surface area contributed by atoms with Crippen LogP contribution in [0, 0.1) is 0 Å². The van der Waals surface area contributed by atoms with Gasteiger partial charge in [-0.1, -0.05) is 177 Å². The highest BCUT2D eigenvalue weighted by molar-refractivity contribution is 7.47. The van der Waals surface area contributed by atoms with Crippen molar-refractivity contribution in [2.75, 3.05) is 19.8 Å². The molecular formula is C46H78NO12P. The number of phosphoric acid groups is 1. The van der Waals surface area contributed by atoms with Crippen molar-refractivity contribution in [2.24, 2.45) is 5.73 Å². The molecule has 0 bridgehead atoms. The van der Waals surface area contributed by atoms with Gasteiger partial charge in [-0.15, -0.1) is 0 Å². The molecule has 0 fully saturated rings. The predicted octanol–water partition coefficient (Wildman–Crippen LogP) is 9.67. The molecule has 13 nitrogen and oxygen atoms in total. The Kier molecular flexibility index (Phi) is 37.8. The lowest BCUT2D eigenvalue weighted by molar-refractivity contribution is -0.161. The van der Waals surface area contributed by atoms with E-state index in [1.165, 1.54) is 70.6 Å². The molecule has 14 heteroatoms. The summed E-state index contributed by atoms with van der Waals surface area (Å²) in [6.45, 7) is 2.43. The average molecular weight is 868 g/mol. The summed E-state index contributed by atoms with van der Waals surface area (Å²) in [6.07, 6.45) is 40.4. The molecule has 0 aliphatic heterocycles. The third kappa shape index (κ3) is 39.0. The van der Waals surface area contributed by atoms with Gasteiger partial charge in [0, 0.05) is 12.8 Å². The van der Waals surface area contributed by atoms with Gasteiger partial charge in [0.05, 0.1) is 25.4 Å². The van der Waals surface area contributed by atoms with Crippen molar-refractivity contribution < 1.29 is 57.7 Å². The van der Waals surface area contributed by atoms with Crippen LogP contribution in [0.25, 0.3) is 0 Å². The quantitative estimate of drug-likeness (QED) is 0.0128. The fourth-order valence-corrected chi connectivity index (χ4v) is 6.40. The summed E-state index contributed by atoms with van der Waals surface area (Å²) in [6, 6.07) is -1.55. The molecule has 0 saturated carbocycles. The molecule has 60 heavy (non-hydrogen) atoms. The zero-order valence-electron chi connectivity index (χ0n) is 36.5. The fraction of sp³-hybridized carbons (Fsp3) is 0.674. The monoisotopic (exact) mass is 868 g/mol. The zero-order valence-corrected chi connectivity index (χ0v) is 37.4. The Morgan fingerprint density at radius 2 is 1.12 bits per heavy atom. The minimum atomic E-state index is -4.76. The van der Waals surface area contributed by atoms with E-state index in [-0.39, 0.29) is 12.8 Å². The molecule has 0 spiro atoms. The van der Waals surface area contributed by atoms with E-state index in [4.69, 9.17) is 24.8 Å². The van der Waals surface area contributed by atoms with Crippen molar-refractivity contribution in [3.8, 4) is 0 Å². The number of rotatable bonds is 40. The summed E-state index contributed by atoms with van der Waals surface area (Å²) in [5.41, 5.74) is 5.32. The molecule has 5 atom stereocenters. The van der Waals surface area contributed by atoms with Crippen LogP contribution in [-0.2, 0) is 37.5 Å². The maximum atomic E-state index is 12.6. The topological polar surface area (TPSA) is 212 Å². The number of carbonyl (C=O) groups excluding carboxylic acids is 2. The van der Waals surface area contributed by atoms with Crippen LogP contribution in [0.5, 0.6) is 0 Å². The second kappa shape index (κ2) is 39.9. The summed E-state index contributed by atoms with van der Waals surface area (Å²) >= 11 is 0. The van der Waals surface area contributed by atoms with Crippen molar-refractivity contribution in [3.05, 3.63) is 72.9 Å². The number of aliphatic hydroxyl groups is 2. The van der Waals surface area contributed by atoms with Gasteiger partial charge >= 0.3 is 25.7 Å². The third-order valence-corrected chi connectivity index (χ3v) is 10.1. The second-order valence-electron chi connectivity index (χ2n) is 14.9. The molecule has 0 aliphatic carbocycles. The largest absolute Gasteiger partial charge is 0.480 e. The Hall–Kier alpha value is -3.16. The van der Waals surface area contributed by atoms with Crippen LogP contribution in [0.2, 0.25) is 0 Å². The number of hydrogen-bond donors (Lipinski definition) is 5. The molecular weight excluding hydrogens is 789 g/mol. The van der Waals surface area contributed by atoms with E-state index in [9.17, 15) is 34.1 Å². The summed E-state index contributed by atoms with van der Waals surface area (Å²) in [5, 5.41) is 28.8. The van der Waals surface area contributed by atoms with E-state index >= 15 is 0 Å². The number of carbonyl (C=O) groups is 3. The first-order valence-electron chi connectivity index (χ1n) is 22.2. The molecule has 344 valence electrons. The van der Waals surface area contributed by atoms with Gasteiger partial charge in [0.15, 0.2) is 6.10 Å². The average Bonchev–Trinajstić information content (AvgIpc) is 3.21. The van der Waals surface area contributed by atoms with Crippen LogP contribution in [0.15, 0.2) is 72.9 Å². The second-order valence-corrected chi connectivity index (χ2v) is 16.3. The van der Waals surface area contributed by atoms with E-state index in [1.807, 2.05) is 43.4 Å². The number of aliphatic carboxylic acids is 1. The minimum absolute atomic E-state index is 0.0383. The number of phosphoric ester groups is 1. The van der Waals surface area contributed by atoms with Crippen molar-refractivity contribution in [3.63, 3.8) is 0 Å².